The molecule has 1 aliphatic heterocycles. The van der Waals surface area contributed by atoms with Crippen molar-refractivity contribution in [3.8, 4) is 0 Å². The van der Waals surface area contributed by atoms with Crippen molar-refractivity contribution in [1.29, 1.82) is 0 Å². The van der Waals surface area contributed by atoms with E-state index in [2.05, 4.69) is 15.6 Å². The first-order valence-electron chi connectivity index (χ1n) is 10.8. The number of hydrogen-bond acceptors (Lipinski definition) is 3. The molecule has 0 radical (unpaired) electrons. The van der Waals surface area contributed by atoms with Crippen LogP contribution < -0.4 is 16.4 Å². The highest BCUT2D eigenvalue weighted by Gasteiger charge is 2.31. The third-order valence-electron chi connectivity index (χ3n) is 5.77. The van der Waals surface area contributed by atoms with Gasteiger partial charge in [-0.05, 0) is 43.9 Å². The minimum atomic E-state index is -0.436. The number of rotatable bonds is 6. The van der Waals surface area contributed by atoms with E-state index in [1.807, 2.05) is 24.0 Å². The number of primary amides is 1. The molecular formula is C22H34IN5O2. The molecule has 1 atom stereocenters. The molecule has 2 aliphatic rings. The molecule has 8 heteroatoms. The minimum Gasteiger partial charge on any atom is -0.366 e. The number of nitrogens with two attached hydrogens (primary N) is 1. The predicted molar refractivity (Wildman–Crippen MR) is 130 cm³/mol. The number of hydrogen-bond donors (Lipinski definition) is 3. The van der Waals surface area contributed by atoms with E-state index in [4.69, 9.17) is 5.73 Å². The van der Waals surface area contributed by atoms with Gasteiger partial charge in [0.25, 0.3) is 0 Å². The van der Waals surface area contributed by atoms with E-state index in [-0.39, 0.29) is 35.9 Å². The topological polar surface area (TPSA) is 99.8 Å². The first-order chi connectivity index (χ1) is 14.1. The number of aliphatic imine (C=N–C) groups is 1. The van der Waals surface area contributed by atoms with Crippen molar-refractivity contribution in [1.82, 2.24) is 15.5 Å². The fourth-order valence-electron chi connectivity index (χ4n) is 4.19. The number of guanidine groups is 1. The Balaban J connectivity index is 0.00000320. The van der Waals surface area contributed by atoms with Crippen LogP contribution in [0.3, 0.4) is 0 Å². The highest BCUT2D eigenvalue weighted by molar-refractivity contribution is 14.0. The van der Waals surface area contributed by atoms with Crippen molar-refractivity contribution in [2.45, 2.75) is 58.0 Å². The van der Waals surface area contributed by atoms with Gasteiger partial charge in [-0.25, -0.2) is 4.99 Å². The van der Waals surface area contributed by atoms with Crippen LogP contribution in [-0.2, 0) is 11.3 Å². The smallest absolute Gasteiger partial charge is 0.248 e. The first-order valence-corrected chi connectivity index (χ1v) is 10.8. The van der Waals surface area contributed by atoms with E-state index in [1.165, 1.54) is 19.3 Å². The maximum absolute atomic E-state index is 12.8. The first kappa shape index (κ1) is 24.4. The van der Waals surface area contributed by atoms with Gasteiger partial charge in [0.15, 0.2) is 5.96 Å². The molecule has 2 amide bonds. The van der Waals surface area contributed by atoms with Crippen molar-refractivity contribution >= 4 is 41.8 Å². The summed E-state index contributed by atoms with van der Waals surface area (Å²) >= 11 is 0. The van der Waals surface area contributed by atoms with E-state index < -0.39 is 5.91 Å². The van der Waals surface area contributed by atoms with Gasteiger partial charge < -0.3 is 21.3 Å². The van der Waals surface area contributed by atoms with Gasteiger partial charge in [-0.2, -0.15) is 0 Å². The van der Waals surface area contributed by atoms with Crippen LogP contribution in [0.4, 0.5) is 0 Å². The van der Waals surface area contributed by atoms with Crippen LogP contribution in [0.25, 0.3) is 0 Å². The van der Waals surface area contributed by atoms with E-state index >= 15 is 0 Å². The fourth-order valence-corrected chi connectivity index (χ4v) is 4.19. The van der Waals surface area contributed by atoms with Crippen molar-refractivity contribution in [3.05, 3.63) is 35.4 Å². The molecule has 30 heavy (non-hydrogen) atoms. The number of halogens is 1. The minimum absolute atomic E-state index is 0. The predicted octanol–water partition coefficient (Wildman–Crippen LogP) is 2.64. The van der Waals surface area contributed by atoms with E-state index in [1.54, 1.807) is 12.1 Å². The Hall–Kier alpha value is -1.84. The number of nitrogens with one attached hydrogen (secondary N) is 2. The highest BCUT2D eigenvalue weighted by atomic mass is 127. The SMILES string of the molecule is CCNC(=NCc1cccc(C(N)=O)c1)NC1CCN(C(=O)C2CCCCC2)C1.I. The Kier molecular flexibility index (Phi) is 9.87. The zero-order valence-corrected chi connectivity index (χ0v) is 20.1. The molecule has 1 aromatic rings. The highest BCUT2D eigenvalue weighted by Crippen LogP contribution is 2.26. The molecule has 166 valence electrons. The number of carbonyl (C=O) groups excluding carboxylic acids is 2. The lowest BCUT2D eigenvalue weighted by Gasteiger charge is -2.26. The van der Waals surface area contributed by atoms with Crippen molar-refractivity contribution in [2.24, 2.45) is 16.6 Å². The quantitative estimate of drug-likeness (QED) is 0.301. The maximum Gasteiger partial charge on any atom is 0.248 e. The summed E-state index contributed by atoms with van der Waals surface area (Å²) in [6, 6.07) is 7.43. The Morgan fingerprint density at radius 1 is 1.20 bits per heavy atom. The molecular weight excluding hydrogens is 493 g/mol. The molecule has 0 spiro atoms. The van der Waals surface area contributed by atoms with Crippen LogP contribution in [-0.4, -0.2) is 48.3 Å². The largest absolute Gasteiger partial charge is 0.366 e. The van der Waals surface area contributed by atoms with Crippen molar-refractivity contribution in [2.75, 3.05) is 19.6 Å². The summed E-state index contributed by atoms with van der Waals surface area (Å²) in [7, 11) is 0. The Labute approximate surface area is 196 Å². The molecule has 7 nitrogen and oxygen atoms in total. The monoisotopic (exact) mass is 527 g/mol. The van der Waals surface area contributed by atoms with Gasteiger partial charge in [-0.15, -0.1) is 24.0 Å². The third kappa shape index (κ3) is 6.85. The van der Waals surface area contributed by atoms with Crippen LogP contribution >= 0.6 is 24.0 Å². The molecule has 3 rings (SSSR count). The lowest BCUT2D eigenvalue weighted by Crippen LogP contribution is -2.45. The zero-order chi connectivity index (χ0) is 20.6. The average molecular weight is 527 g/mol. The van der Waals surface area contributed by atoms with Gasteiger partial charge in [-0.3, -0.25) is 9.59 Å². The summed E-state index contributed by atoms with van der Waals surface area (Å²) in [4.78, 5) is 30.8. The second-order valence-corrected chi connectivity index (χ2v) is 8.01. The van der Waals surface area contributed by atoms with Crippen LogP contribution in [0.2, 0.25) is 0 Å². The summed E-state index contributed by atoms with van der Waals surface area (Å²) in [5.41, 5.74) is 6.77. The van der Waals surface area contributed by atoms with Gasteiger partial charge in [0.1, 0.15) is 0 Å². The second-order valence-electron chi connectivity index (χ2n) is 8.01. The Morgan fingerprint density at radius 2 is 1.97 bits per heavy atom. The maximum atomic E-state index is 12.8. The van der Waals surface area contributed by atoms with Gasteiger partial charge in [-0.1, -0.05) is 31.4 Å². The van der Waals surface area contributed by atoms with E-state index in [9.17, 15) is 9.59 Å². The third-order valence-corrected chi connectivity index (χ3v) is 5.77. The molecule has 1 saturated carbocycles. The van der Waals surface area contributed by atoms with Crippen LogP contribution in [0, 0.1) is 5.92 Å². The number of nitrogens with zero attached hydrogens (tertiary/aromatic N) is 2. The summed E-state index contributed by atoms with van der Waals surface area (Å²) in [5.74, 6) is 0.852. The number of benzene rings is 1. The number of carbonyl (C=O) groups is 2. The van der Waals surface area contributed by atoms with Gasteiger partial charge >= 0.3 is 0 Å². The van der Waals surface area contributed by atoms with Gasteiger partial charge in [0.2, 0.25) is 11.8 Å². The summed E-state index contributed by atoms with van der Waals surface area (Å²) in [6.45, 7) is 4.78. The zero-order valence-electron chi connectivity index (χ0n) is 17.7. The van der Waals surface area contributed by atoms with Gasteiger partial charge in [0.05, 0.1) is 6.54 Å². The number of likely N-dealkylation sites (tertiary alicyclic amines) is 1. The molecule has 1 aromatic carbocycles. The molecule has 1 unspecified atom stereocenters. The molecule has 0 bridgehead atoms. The Bertz CT molecular complexity index is 749. The molecule has 1 heterocycles. The second kappa shape index (κ2) is 12.1. The molecule has 4 N–H and O–H groups in total. The molecule has 1 aliphatic carbocycles. The fraction of sp³-hybridized carbons (Fsp3) is 0.591. The van der Waals surface area contributed by atoms with E-state index in [0.29, 0.717) is 18.0 Å². The number of amides is 2. The summed E-state index contributed by atoms with van der Waals surface area (Å²) < 4.78 is 0. The van der Waals surface area contributed by atoms with Crippen molar-refractivity contribution < 1.29 is 9.59 Å². The lowest BCUT2D eigenvalue weighted by atomic mass is 9.88. The summed E-state index contributed by atoms with van der Waals surface area (Å²) in [5, 5.41) is 6.73. The van der Waals surface area contributed by atoms with E-state index in [0.717, 1.165) is 50.4 Å². The Morgan fingerprint density at radius 3 is 2.67 bits per heavy atom. The van der Waals surface area contributed by atoms with Crippen LogP contribution in [0.1, 0.15) is 61.4 Å². The van der Waals surface area contributed by atoms with Crippen LogP contribution in [0.5, 0.6) is 0 Å². The molecule has 2 fully saturated rings. The lowest BCUT2D eigenvalue weighted by molar-refractivity contribution is -0.135. The van der Waals surface area contributed by atoms with Gasteiger partial charge in [0, 0.05) is 37.2 Å². The molecule has 0 aromatic heterocycles. The summed E-state index contributed by atoms with van der Waals surface area (Å²) in [6.07, 6.45) is 6.64. The standard InChI is InChI=1S/C22H33N5O2.HI/c1-2-24-22(25-14-16-7-6-10-18(13-16)20(23)28)26-19-11-12-27(15-19)21(29)17-8-4-3-5-9-17;/h6-7,10,13,17,19H,2-5,8-9,11-12,14-15H2,1H3,(H2,23,28)(H2,24,25,26);1H. The molecule has 1 saturated heterocycles. The average Bonchev–Trinajstić information content (AvgIpc) is 3.21. The normalized spacial score (nSPS) is 19.8. The van der Waals surface area contributed by atoms with Crippen molar-refractivity contribution in [3.63, 3.8) is 0 Å². The van der Waals surface area contributed by atoms with Crippen LogP contribution in [0.15, 0.2) is 29.3 Å².